The Labute approximate surface area is 243 Å². The number of allylic oxidation sites excluding steroid dienone is 2. The number of carbonyl (C=O) groups is 1. The van der Waals surface area contributed by atoms with E-state index in [9.17, 15) is 9.00 Å². The minimum Gasteiger partial charge on any atom is -0.362 e. The summed E-state index contributed by atoms with van der Waals surface area (Å²) in [7, 11) is -1.24. The molecular weight excluding hydrogens is 551 g/mol. The maximum Gasteiger partial charge on any atom is 0.228 e. The summed E-state index contributed by atoms with van der Waals surface area (Å²) in [6, 6.07) is 15.8. The van der Waals surface area contributed by atoms with E-state index < -0.39 is 10.8 Å². The van der Waals surface area contributed by atoms with Crippen LogP contribution in [-0.2, 0) is 15.6 Å². The van der Waals surface area contributed by atoms with Gasteiger partial charge in [-0.05, 0) is 49.9 Å². The first-order valence-electron chi connectivity index (χ1n) is 13.7. The number of hydrogen-bond donors (Lipinski definition) is 2. The summed E-state index contributed by atoms with van der Waals surface area (Å²) < 4.78 is 13.1. The molecule has 0 bridgehead atoms. The number of nitrogens with one attached hydrogen (secondary N) is 1. The molecule has 2 aromatic carbocycles. The summed E-state index contributed by atoms with van der Waals surface area (Å²) in [5.74, 6) is 0.165. The zero-order chi connectivity index (χ0) is 27.4. The molecule has 2 aromatic rings. The third-order valence-corrected chi connectivity index (χ3v) is 10.0. The van der Waals surface area contributed by atoms with Gasteiger partial charge in [0.25, 0.3) is 0 Å². The lowest BCUT2D eigenvalue weighted by Crippen LogP contribution is -2.53. The van der Waals surface area contributed by atoms with Crippen LogP contribution in [0.1, 0.15) is 43.6 Å². The lowest BCUT2D eigenvalue weighted by atomic mass is 9.90. The van der Waals surface area contributed by atoms with Gasteiger partial charge in [-0.15, -0.1) is 0 Å². The van der Waals surface area contributed by atoms with Gasteiger partial charge in [-0.1, -0.05) is 59.6 Å². The van der Waals surface area contributed by atoms with Crippen LogP contribution in [0.15, 0.2) is 77.0 Å². The van der Waals surface area contributed by atoms with Crippen molar-refractivity contribution in [3.05, 3.63) is 87.7 Å². The average molecular weight is 588 g/mol. The van der Waals surface area contributed by atoms with Crippen molar-refractivity contribution in [3.8, 4) is 0 Å². The Hall–Kier alpha value is -2.16. The third-order valence-electron chi connectivity index (χ3n) is 7.97. The van der Waals surface area contributed by atoms with Crippen LogP contribution < -0.4 is 11.1 Å². The molecule has 1 aliphatic carbocycles. The number of hydrogen-bond acceptors (Lipinski definition) is 5. The third kappa shape index (κ3) is 7.14. The number of dihydropyridines is 1. The van der Waals surface area contributed by atoms with Crippen LogP contribution in [-0.4, -0.2) is 63.9 Å². The van der Waals surface area contributed by atoms with Crippen molar-refractivity contribution < 1.29 is 9.00 Å². The number of nitrogens with two attached hydrogens (primary N) is 1. The van der Waals surface area contributed by atoms with E-state index in [4.69, 9.17) is 28.9 Å². The molecule has 0 radical (unpaired) electrons. The van der Waals surface area contributed by atoms with E-state index in [0.717, 1.165) is 73.7 Å². The van der Waals surface area contributed by atoms with Crippen LogP contribution in [0.25, 0.3) is 0 Å². The first kappa shape index (κ1) is 28.4. The molecule has 2 unspecified atom stereocenters. The molecule has 5 rings (SSSR count). The molecule has 2 fully saturated rings. The standard InChI is InChI=1S/C30H36Cl2N4O2S/c31-27-7-4-8-28(32)30(27)21-17-23(34-24(18-21)20-39(38)26-5-2-1-3-6-26)19-29(37)36-15-13-35(14-16-36)25-11-9-22(33)10-12-25/h1-8,17-18,21-22,25,34H,9-16,19-20,33H2. The predicted molar refractivity (Wildman–Crippen MR) is 159 cm³/mol. The van der Waals surface area contributed by atoms with E-state index in [0.29, 0.717) is 27.9 Å². The van der Waals surface area contributed by atoms with Crippen molar-refractivity contribution in [2.45, 2.75) is 55.0 Å². The van der Waals surface area contributed by atoms with Crippen molar-refractivity contribution in [3.63, 3.8) is 0 Å². The van der Waals surface area contributed by atoms with Gasteiger partial charge in [0.2, 0.25) is 5.91 Å². The second-order valence-electron chi connectivity index (χ2n) is 10.6. The molecule has 0 aromatic heterocycles. The van der Waals surface area contributed by atoms with Crippen LogP contribution >= 0.6 is 23.2 Å². The average Bonchev–Trinajstić information content (AvgIpc) is 2.94. The van der Waals surface area contributed by atoms with E-state index in [1.807, 2.05) is 65.6 Å². The summed E-state index contributed by atoms with van der Waals surface area (Å²) in [5, 5.41) is 4.53. The van der Waals surface area contributed by atoms with E-state index in [1.165, 1.54) is 0 Å². The van der Waals surface area contributed by atoms with Crippen molar-refractivity contribution in [1.29, 1.82) is 0 Å². The molecule has 2 heterocycles. The molecule has 1 saturated carbocycles. The lowest BCUT2D eigenvalue weighted by molar-refractivity contribution is -0.132. The number of halogens is 2. The van der Waals surface area contributed by atoms with Crippen molar-refractivity contribution in [2.24, 2.45) is 5.73 Å². The number of benzene rings is 2. The first-order valence-corrected chi connectivity index (χ1v) is 15.8. The number of piperazine rings is 1. The van der Waals surface area contributed by atoms with Gasteiger partial charge in [0.15, 0.2) is 0 Å². The largest absolute Gasteiger partial charge is 0.362 e. The normalized spacial score (nSPS) is 24.9. The Bertz CT molecular complexity index is 1230. The number of rotatable bonds is 7. The van der Waals surface area contributed by atoms with Gasteiger partial charge in [0.1, 0.15) is 0 Å². The van der Waals surface area contributed by atoms with Crippen LogP contribution in [0.3, 0.4) is 0 Å². The Morgan fingerprint density at radius 3 is 2.21 bits per heavy atom. The zero-order valence-corrected chi connectivity index (χ0v) is 24.4. The second kappa shape index (κ2) is 13.0. The molecule has 9 heteroatoms. The van der Waals surface area contributed by atoms with E-state index >= 15 is 0 Å². The minimum absolute atomic E-state index is 0.0912. The topological polar surface area (TPSA) is 78.7 Å². The zero-order valence-electron chi connectivity index (χ0n) is 22.0. The molecule has 39 heavy (non-hydrogen) atoms. The van der Waals surface area contributed by atoms with Gasteiger partial charge in [-0.3, -0.25) is 13.9 Å². The van der Waals surface area contributed by atoms with Gasteiger partial charge in [0, 0.05) is 76.1 Å². The molecule has 2 aliphatic heterocycles. The highest BCUT2D eigenvalue weighted by molar-refractivity contribution is 7.85. The second-order valence-corrected chi connectivity index (χ2v) is 12.9. The summed E-state index contributed by atoms with van der Waals surface area (Å²) in [5.41, 5.74) is 8.46. The van der Waals surface area contributed by atoms with E-state index in [1.54, 1.807) is 0 Å². The molecule has 1 saturated heterocycles. The number of nitrogens with zero attached hydrogens (tertiary/aromatic N) is 2. The highest BCUT2D eigenvalue weighted by Crippen LogP contribution is 2.36. The van der Waals surface area contributed by atoms with Crippen molar-refractivity contribution in [2.75, 3.05) is 31.9 Å². The minimum atomic E-state index is -1.24. The monoisotopic (exact) mass is 586 g/mol. The van der Waals surface area contributed by atoms with Gasteiger partial charge >= 0.3 is 0 Å². The van der Waals surface area contributed by atoms with Gasteiger partial charge in [0.05, 0.1) is 23.0 Å². The summed E-state index contributed by atoms with van der Waals surface area (Å²) in [6.45, 7) is 3.26. The Kier molecular flexibility index (Phi) is 9.46. The van der Waals surface area contributed by atoms with Crippen LogP contribution in [0.4, 0.5) is 0 Å². The lowest BCUT2D eigenvalue weighted by Gasteiger charge is -2.41. The van der Waals surface area contributed by atoms with Gasteiger partial charge in [-0.25, -0.2) is 0 Å². The van der Waals surface area contributed by atoms with Crippen LogP contribution in [0, 0.1) is 0 Å². The van der Waals surface area contributed by atoms with Gasteiger partial charge in [-0.2, -0.15) is 0 Å². The van der Waals surface area contributed by atoms with Gasteiger partial charge < -0.3 is 16.0 Å². The highest BCUT2D eigenvalue weighted by atomic mass is 35.5. The van der Waals surface area contributed by atoms with Crippen LogP contribution in [0.5, 0.6) is 0 Å². The van der Waals surface area contributed by atoms with E-state index in [-0.39, 0.29) is 18.2 Å². The molecule has 1 amide bonds. The quantitative estimate of drug-likeness (QED) is 0.474. The Morgan fingerprint density at radius 2 is 1.54 bits per heavy atom. The fourth-order valence-electron chi connectivity index (χ4n) is 5.83. The number of carbonyl (C=O) groups excluding carboxylic acids is 1. The van der Waals surface area contributed by atoms with Crippen molar-refractivity contribution >= 4 is 39.9 Å². The Morgan fingerprint density at radius 1 is 0.897 bits per heavy atom. The molecule has 0 spiro atoms. The fraction of sp³-hybridized carbons (Fsp3) is 0.433. The SMILES string of the molecule is NC1CCC(N2CCN(C(=O)CC3=CC(c4c(Cl)cccc4Cl)C=C(CS(=O)c4ccccc4)N3)CC2)CC1. The molecule has 3 N–H and O–H groups in total. The molecule has 2 atom stereocenters. The summed E-state index contributed by atoms with van der Waals surface area (Å²) in [4.78, 5) is 18.7. The molecule has 208 valence electrons. The van der Waals surface area contributed by atoms with Crippen LogP contribution in [0.2, 0.25) is 10.0 Å². The smallest absolute Gasteiger partial charge is 0.228 e. The summed E-state index contributed by atoms with van der Waals surface area (Å²) >= 11 is 13.1. The first-order chi connectivity index (χ1) is 18.9. The maximum absolute atomic E-state index is 13.4. The maximum atomic E-state index is 13.4. The Balaban J connectivity index is 1.27. The molecule has 3 aliphatic rings. The summed E-state index contributed by atoms with van der Waals surface area (Å²) in [6.07, 6.45) is 8.75. The van der Waals surface area contributed by atoms with Crippen molar-refractivity contribution in [1.82, 2.24) is 15.1 Å². The predicted octanol–water partition coefficient (Wildman–Crippen LogP) is 5.06. The molecule has 6 nitrogen and oxygen atoms in total. The number of amides is 1. The fourth-order valence-corrected chi connectivity index (χ4v) is 7.56. The highest BCUT2D eigenvalue weighted by Gasteiger charge is 2.30. The van der Waals surface area contributed by atoms with E-state index in [2.05, 4.69) is 10.2 Å². The molecular formula is C30H36Cl2N4O2S.